The van der Waals surface area contributed by atoms with Gasteiger partial charge in [0.25, 0.3) is 0 Å². The van der Waals surface area contributed by atoms with Crippen LogP contribution < -0.4 is 4.74 Å². The van der Waals surface area contributed by atoms with Gasteiger partial charge in [-0.25, -0.2) is 9.67 Å². The molecular formula is C31H29F3N6O2. The van der Waals surface area contributed by atoms with Gasteiger partial charge >= 0.3 is 6.18 Å². The van der Waals surface area contributed by atoms with Gasteiger partial charge in [0.05, 0.1) is 37.1 Å². The number of hydrogen-bond acceptors (Lipinski definition) is 5. The average molecular weight is 575 g/mol. The zero-order valence-corrected chi connectivity index (χ0v) is 23.0. The number of halogens is 3. The van der Waals surface area contributed by atoms with Gasteiger partial charge in [-0.05, 0) is 37.0 Å². The summed E-state index contributed by atoms with van der Waals surface area (Å²) in [7, 11) is 1.56. The predicted molar refractivity (Wildman–Crippen MR) is 150 cm³/mol. The van der Waals surface area contributed by atoms with Crippen LogP contribution in [0.5, 0.6) is 5.75 Å². The summed E-state index contributed by atoms with van der Waals surface area (Å²) in [5, 5.41) is 8.58. The standard InChI is InChI=1S/C31H29F3N6O2/c1-20-16-38(19-35-20)27-13-12-22(14-29(27)42-2)25-17-40(37-36-25)28-15-24(21-8-4-3-5-9-21)23-10-6-7-11-26(23)39(30(28)41)18-31(32,33)34/h3-14,16-17,19,23-24,26,28H,15,18H2,1-2H3/t23?,24-,26?,28?/m0/s1. The number of rotatable bonds is 6. The van der Waals surface area contributed by atoms with Crippen molar-refractivity contribution < 1.29 is 22.7 Å². The number of aryl methyl sites for hydroxylation is 1. The molecule has 3 heterocycles. The van der Waals surface area contributed by atoms with E-state index in [0.717, 1.165) is 21.8 Å². The van der Waals surface area contributed by atoms with E-state index in [9.17, 15) is 18.0 Å². The molecule has 8 nitrogen and oxygen atoms in total. The Morgan fingerprint density at radius 2 is 1.83 bits per heavy atom. The van der Waals surface area contributed by atoms with Crippen molar-refractivity contribution in [3.8, 4) is 22.7 Å². The van der Waals surface area contributed by atoms with Crippen molar-refractivity contribution >= 4 is 5.91 Å². The van der Waals surface area contributed by atoms with Gasteiger partial charge in [-0.3, -0.25) is 4.79 Å². The van der Waals surface area contributed by atoms with E-state index < -0.39 is 30.7 Å². The Hall–Kier alpha value is -4.67. The number of aromatic nitrogens is 5. The average Bonchev–Trinajstić information content (AvgIpc) is 3.63. The van der Waals surface area contributed by atoms with Gasteiger partial charge in [-0.15, -0.1) is 5.10 Å². The highest BCUT2D eigenvalue weighted by Crippen LogP contribution is 2.43. The second kappa shape index (κ2) is 11.0. The topological polar surface area (TPSA) is 78.1 Å². The minimum atomic E-state index is -4.56. The number of likely N-dealkylation sites (tertiary alicyclic amines) is 1. The molecule has 3 unspecified atom stereocenters. The summed E-state index contributed by atoms with van der Waals surface area (Å²) in [5.74, 6) is -0.621. The van der Waals surface area contributed by atoms with Gasteiger partial charge in [0.15, 0.2) is 0 Å². The van der Waals surface area contributed by atoms with Crippen LogP contribution >= 0.6 is 0 Å². The third-order valence-corrected chi connectivity index (χ3v) is 7.89. The number of carbonyl (C=O) groups excluding carboxylic acids is 1. The molecule has 0 N–H and O–H groups in total. The molecule has 2 aliphatic rings. The molecule has 11 heteroatoms. The Kier molecular flexibility index (Phi) is 7.17. The Morgan fingerprint density at radius 1 is 1.05 bits per heavy atom. The molecule has 4 atom stereocenters. The first-order chi connectivity index (χ1) is 20.2. The van der Waals surface area contributed by atoms with E-state index in [1.807, 2.05) is 72.3 Å². The fraction of sp³-hybridized carbons (Fsp3) is 0.290. The minimum absolute atomic E-state index is 0.227. The lowest BCUT2D eigenvalue weighted by atomic mass is 9.77. The lowest BCUT2D eigenvalue weighted by Crippen LogP contribution is -2.49. The summed E-state index contributed by atoms with van der Waals surface area (Å²) >= 11 is 0. The number of alkyl halides is 3. The number of methoxy groups -OCH3 is 1. The number of hydrogen-bond donors (Lipinski definition) is 0. The van der Waals surface area contributed by atoms with E-state index in [1.165, 1.54) is 4.68 Å². The molecule has 0 bridgehead atoms. The molecule has 1 amide bonds. The molecule has 42 heavy (non-hydrogen) atoms. The van der Waals surface area contributed by atoms with Crippen LogP contribution in [0.15, 0.2) is 91.6 Å². The number of ether oxygens (including phenoxy) is 1. The zero-order valence-electron chi connectivity index (χ0n) is 23.0. The van der Waals surface area contributed by atoms with Crippen molar-refractivity contribution in [2.45, 2.75) is 37.5 Å². The fourth-order valence-corrected chi connectivity index (χ4v) is 5.95. The summed E-state index contributed by atoms with van der Waals surface area (Å²) in [6.45, 7) is 0.543. The summed E-state index contributed by atoms with van der Waals surface area (Å²) in [6.07, 6.45) is 8.03. The third kappa shape index (κ3) is 5.34. The normalized spacial score (nSPS) is 22.2. The van der Waals surface area contributed by atoms with Crippen LogP contribution in [0.3, 0.4) is 0 Å². The molecule has 4 aromatic rings. The van der Waals surface area contributed by atoms with Gasteiger partial charge in [0.1, 0.15) is 24.0 Å². The number of imidazole rings is 1. The fourth-order valence-electron chi connectivity index (χ4n) is 5.95. The summed E-state index contributed by atoms with van der Waals surface area (Å²) in [4.78, 5) is 19.2. The highest BCUT2D eigenvalue weighted by Gasteiger charge is 2.47. The SMILES string of the molecule is COc1cc(-c2cn(C3C[C@@H](c4ccccc4)C4C=CC=CC4N(CC(F)(F)F)C3=O)nn2)ccc1-n1cnc(C)c1. The third-order valence-electron chi connectivity index (χ3n) is 7.89. The first-order valence-electron chi connectivity index (χ1n) is 13.6. The Bertz CT molecular complexity index is 1640. The number of allylic oxidation sites excluding steroid dienone is 2. The van der Waals surface area contributed by atoms with E-state index in [4.69, 9.17) is 4.74 Å². The van der Waals surface area contributed by atoms with Crippen molar-refractivity contribution in [1.82, 2.24) is 29.4 Å². The Balaban J connectivity index is 1.39. The molecule has 1 aliphatic carbocycles. The molecule has 6 rings (SSSR count). The van der Waals surface area contributed by atoms with Crippen LogP contribution in [-0.2, 0) is 4.79 Å². The summed E-state index contributed by atoms with van der Waals surface area (Å²) < 4.78 is 50.3. The van der Waals surface area contributed by atoms with Crippen LogP contribution in [0.1, 0.15) is 29.6 Å². The van der Waals surface area contributed by atoms with Crippen molar-refractivity contribution in [3.63, 3.8) is 0 Å². The lowest BCUT2D eigenvalue weighted by Gasteiger charge is -2.36. The molecule has 0 saturated carbocycles. The van der Waals surface area contributed by atoms with Crippen molar-refractivity contribution in [2.24, 2.45) is 5.92 Å². The van der Waals surface area contributed by atoms with Crippen molar-refractivity contribution in [2.75, 3.05) is 13.7 Å². The monoisotopic (exact) mass is 574 g/mol. The molecule has 1 aliphatic heterocycles. The molecule has 216 valence electrons. The lowest BCUT2D eigenvalue weighted by molar-refractivity contribution is -0.166. The van der Waals surface area contributed by atoms with E-state index in [2.05, 4.69) is 15.3 Å². The predicted octanol–water partition coefficient (Wildman–Crippen LogP) is 5.68. The summed E-state index contributed by atoms with van der Waals surface area (Å²) in [6, 6.07) is 13.4. The minimum Gasteiger partial charge on any atom is -0.495 e. The first kappa shape index (κ1) is 27.5. The zero-order chi connectivity index (χ0) is 29.4. The molecular weight excluding hydrogens is 545 g/mol. The van der Waals surface area contributed by atoms with Gasteiger partial charge < -0.3 is 14.2 Å². The van der Waals surface area contributed by atoms with Crippen LogP contribution in [0.4, 0.5) is 13.2 Å². The Labute approximate surface area is 240 Å². The molecule has 0 spiro atoms. The first-order valence-corrected chi connectivity index (χ1v) is 13.6. The van der Waals surface area contributed by atoms with Crippen LogP contribution in [0.2, 0.25) is 0 Å². The van der Waals surface area contributed by atoms with Crippen molar-refractivity contribution in [1.29, 1.82) is 0 Å². The largest absolute Gasteiger partial charge is 0.495 e. The van der Waals surface area contributed by atoms with E-state index in [0.29, 0.717) is 17.0 Å². The molecule has 2 aromatic carbocycles. The molecule has 1 fully saturated rings. The second-order valence-electron chi connectivity index (χ2n) is 10.6. The molecule has 2 aromatic heterocycles. The number of nitrogens with zero attached hydrogens (tertiary/aromatic N) is 6. The van der Waals surface area contributed by atoms with E-state index in [-0.39, 0.29) is 18.3 Å². The highest BCUT2D eigenvalue weighted by atomic mass is 19.4. The maximum Gasteiger partial charge on any atom is 0.406 e. The number of carbonyl (C=O) groups is 1. The Morgan fingerprint density at radius 3 is 2.55 bits per heavy atom. The maximum atomic E-state index is 14.0. The summed E-state index contributed by atoms with van der Waals surface area (Å²) in [5.41, 5.74) is 3.75. The van der Waals surface area contributed by atoms with Gasteiger partial charge in [-0.1, -0.05) is 65.9 Å². The van der Waals surface area contributed by atoms with E-state index >= 15 is 0 Å². The number of amides is 1. The van der Waals surface area contributed by atoms with Gasteiger partial charge in [0.2, 0.25) is 5.91 Å². The van der Waals surface area contributed by atoms with Crippen LogP contribution in [-0.4, -0.2) is 61.2 Å². The van der Waals surface area contributed by atoms with Crippen LogP contribution in [0.25, 0.3) is 16.9 Å². The van der Waals surface area contributed by atoms with Gasteiger partial charge in [-0.2, -0.15) is 13.2 Å². The van der Waals surface area contributed by atoms with Crippen LogP contribution in [0, 0.1) is 12.8 Å². The molecule has 1 saturated heterocycles. The van der Waals surface area contributed by atoms with E-state index in [1.54, 1.807) is 37.9 Å². The highest BCUT2D eigenvalue weighted by molar-refractivity contribution is 5.82. The smallest absolute Gasteiger partial charge is 0.406 e. The molecule has 0 radical (unpaired) electrons. The number of benzene rings is 2. The number of fused-ring (bicyclic) bond motifs is 1. The van der Waals surface area contributed by atoms with Crippen molar-refractivity contribution in [3.05, 3.63) is 103 Å². The second-order valence-corrected chi connectivity index (χ2v) is 10.6. The maximum absolute atomic E-state index is 14.0. The quantitative estimate of drug-likeness (QED) is 0.296. The van der Waals surface area contributed by atoms with Gasteiger partial charge in [0, 0.05) is 17.7 Å².